The third kappa shape index (κ3) is 5.69. The minimum atomic E-state index is -0.999. The van der Waals surface area contributed by atoms with Crippen LogP contribution in [-0.2, 0) is 9.53 Å². The van der Waals surface area contributed by atoms with E-state index >= 15 is 0 Å². The Morgan fingerprint density at radius 3 is 2.58 bits per heavy atom. The van der Waals surface area contributed by atoms with Crippen molar-refractivity contribution >= 4 is 23.8 Å². The van der Waals surface area contributed by atoms with Crippen molar-refractivity contribution in [1.29, 1.82) is 0 Å². The number of hydrogen-bond donors (Lipinski definition) is 3. The fourth-order valence-electron chi connectivity index (χ4n) is 1.91. The molecule has 0 saturated carbocycles. The molecule has 3 N–H and O–H groups in total. The molecule has 0 aromatic heterocycles. The van der Waals surface area contributed by atoms with Crippen LogP contribution in [0.3, 0.4) is 0 Å². The average Bonchev–Trinajstić information content (AvgIpc) is 2.34. The number of carboxylic acids is 1. The number of rotatable bonds is 6. The van der Waals surface area contributed by atoms with E-state index in [1.165, 1.54) is 0 Å². The van der Waals surface area contributed by atoms with E-state index in [4.69, 9.17) is 9.84 Å². The number of carbonyl (C=O) groups excluding carboxylic acids is 1. The minimum Gasteiger partial charge on any atom is -0.480 e. The van der Waals surface area contributed by atoms with Crippen LogP contribution in [-0.4, -0.2) is 53.9 Å². The first-order valence-electron chi connectivity index (χ1n) is 6.35. The van der Waals surface area contributed by atoms with Crippen molar-refractivity contribution in [2.45, 2.75) is 37.8 Å². The number of hydrogen-bond acceptors (Lipinski definition) is 4. The van der Waals surface area contributed by atoms with Gasteiger partial charge in [0.25, 0.3) is 0 Å². The molecular weight excluding hydrogens is 268 g/mol. The van der Waals surface area contributed by atoms with Crippen LogP contribution in [0.2, 0.25) is 0 Å². The molecule has 1 fully saturated rings. The molecule has 0 aromatic rings. The van der Waals surface area contributed by atoms with Crippen LogP contribution in [0.15, 0.2) is 0 Å². The van der Waals surface area contributed by atoms with Gasteiger partial charge in [0.05, 0.1) is 0 Å². The molecule has 7 heteroatoms. The number of carboxylic acid groups (broad SMARTS) is 1. The van der Waals surface area contributed by atoms with Gasteiger partial charge in [-0.05, 0) is 38.2 Å². The number of carbonyl (C=O) groups is 2. The lowest BCUT2D eigenvalue weighted by molar-refractivity contribution is -0.139. The molecule has 19 heavy (non-hydrogen) atoms. The average molecular weight is 290 g/mol. The Morgan fingerprint density at radius 2 is 2.05 bits per heavy atom. The van der Waals surface area contributed by atoms with Crippen molar-refractivity contribution in [2.24, 2.45) is 0 Å². The Kier molecular flexibility index (Phi) is 6.44. The molecule has 1 heterocycles. The maximum atomic E-state index is 11.9. The Labute approximate surface area is 117 Å². The van der Waals surface area contributed by atoms with E-state index in [9.17, 15) is 9.59 Å². The van der Waals surface area contributed by atoms with Crippen LogP contribution in [0.25, 0.3) is 0 Å². The molecule has 2 amide bonds. The minimum absolute atomic E-state index is 0.315. The Morgan fingerprint density at radius 1 is 1.42 bits per heavy atom. The smallest absolute Gasteiger partial charge is 0.326 e. The molecule has 1 atom stereocenters. The van der Waals surface area contributed by atoms with Gasteiger partial charge in [0.1, 0.15) is 6.04 Å². The summed E-state index contributed by atoms with van der Waals surface area (Å²) in [5, 5.41) is 14.4. The van der Waals surface area contributed by atoms with E-state index in [1.54, 1.807) is 11.8 Å². The van der Waals surface area contributed by atoms with Gasteiger partial charge in [-0.25, -0.2) is 9.59 Å². The van der Waals surface area contributed by atoms with Crippen molar-refractivity contribution in [1.82, 2.24) is 10.6 Å². The van der Waals surface area contributed by atoms with Gasteiger partial charge in [0.15, 0.2) is 0 Å². The van der Waals surface area contributed by atoms with E-state index in [-0.39, 0.29) is 5.54 Å². The summed E-state index contributed by atoms with van der Waals surface area (Å²) in [6.45, 7) is 3.18. The zero-order valence-corrected chi connectivity index (χ0v) is 12.2. The van der Waals surface area contributed by atoms with Crippen molar-refractivity contribution in [3.05, 3.63) is 0 Å². The number of aliphatic carboxylic acids is 1. The van der Waals surface area contributed by atoms with Crippen LogP contribution in [0.1, 0.15) is 26.2 Å². The summed E-state index contributed by atoms with van der Waals surface area (Å²) >= 11 is 1.56. The van der Waals surface area contributed by atoms with Gasteiger partial charge in [-0.3, -0.25) is 0 Å². The molecule has 1 aliphatic rings. The quantitative estimate of drug-likeness (QED) is 0.681. The Hall–Kier alpha value is -0.950. The van der Waals surface area contributed by atoms with E-state index in [0.29, 0.717) is 25.4 Å². The number of thioether (sulfide) groups is 1. The summed E-state index contributed by atoms with van der Waals surface area (Å²) in [6.07, 6.45) is 3.80. The van der Waals surface area contributed by atoms with E-state index < -0.39 is 18.0 Å². The van der Waals surface area contributed by atoms with Gasteiger partial charge in [-0.2, -0.15) is 11.8 Å². The second-order valence-corrected chi connectivity index (χ2v) is 5.93. The molecule has 0 spiro atoms. The summed E-state index contributed by atoms with van der Waals surface area (Å²) < 4.78 is 5.25. The second-order valence-electron chi connectivity index (χ2n) is 4.94. The highest BCUT2D eigenvalue weighted by molar-refractivity contribution is 7.98. The number of nitrogens with one attached hydrogen (secondary N) is 2. The first-order valence-corrected chi connectivity index (χ1v) is 7.74. The maximum absolute atomic E-state index is 11.9. The highest BCUT2D eigenvalue weighted by Gasteiger charge is 2.30. The van der Waals surface area contributed by atoms with Crippen molar-refractivity contribution in [2.75, 3.05) is 25.2 Å². The van der Waals surface area contributed by atoms with Gasteiger partial charge < -0.3 is 20.5 Å². The highest BCUT2D eigenvalue weighted by atomic mass is 32.2. The normalized spacial score (nSPS) is 19.5. The van der Waals surface area contributed by atoms with Crippen LogP contribution < -0.4 is 10.6 Å². The van der Waals surface area contributed by atoms with Gasteiger partial charge in [-0.1, -0.05) is 0 Å². The van der Waals surface area contributed by atoms with Gasteiger partial charge in [0, 0.05) is 18.8 Å². The lowest BCUT2D eigenvalue weighted by Crippen LogP contribution is -2.55. The van der Waals surface area contributed by atoms with Gasteiger partial charge in [0.2, 0.25) is 0 Å². The van der Waals surface area contributed by atoms with Gasteiger partial charge in [-0.15, -0.1) is 0 Å². The molecular formula is C12H22N2O4S. The predicted octanol–water partition coefficient (Wildman–Crippen LogP) is 1.06. The molecule has 1 aliphatic heterocycles. The first kappa shape index (κ1) is 16.1. The molecule has 6 nitrogen and oxygen atoms in total. The maximum Gasteiger partial charge on any atom is 0.326 e. The first-order chi connectivity index (χ1) is 8.97. The number of urea groups is 1. The fourth-order valence-corrected chi connectivity index (χ4v) is 2.38. The van der Waals surface area contributed by atoms with Crippen molar-refractivity contribution in [3.8, 4) is 0 Å². The van der Waals surface area contributed by atoms with Crippen LogP contribution in [0, 0.1) is 0 Å². The molecule has 1 rings (SSSR count). The molecule has 0 bridgehead atoms. The number of ether oxygens (including phenoxy) is 1. The van der Waals surface area contributed by atoms with Crippen molar-refractivity contribution < 1.29 is 19.4 Å². The Balaban J connectivity index is 2.45. The van der Waals surface area contributed by atoms with Crippen LogP contribution in [0.4, 0.5) is 4.79 Å². The van der Waals surface area contributed by atoms with E-state index in [2.05, 4.69) is 10.6 Å². The third-order valence-electron chi connectivity index (χ3n) is 3.23. The lowest BCUT2D eigenvalue weighted by Gasteiger charge is -2.34. The lowest BCUT2D eigenvalue weighted by atomic mass is 9.93. The summed E-state index contributed by atoms with van der Waals surface area (Å²) in [6, 6.07) is -1.26. The largest absolute Gasteiger partial charge is 0.480 e. The van der Waals surface area contributed by atoms with Crippen LogP contribution in [0.5, 0.6) is 0 Å². The summed E-state index contributed by atoms with van der Waals surface area (Å²) in [5.41, 5.74) is -0.315. The zero-order valence-electron chi connectivity index (χ0n) is 11.4. The van der Waals surface area contributed by atoms with Gasteiger partial charge >= 0.3 is 12.0 Å². The van der Waals surface area contributed by atoms with E-state index in [1.807, 2.05) is 13.2 Å². The molecule has 110 valence electrons. The fraction of sp³-hybridized carbons (Fsp3) is 0.833. The van der Waals surface area contributed by atoms with Crippen LogP contribution >= 0.6 is 11.8 Å². The predicted molar refractivity (Wildman–Crippen MR) is 74.5 cm³/mol. The summed E-state index contributed by atoms with van der Waals surface area (Å²) in [7, 11) is 0. The second kappa shape index (κ2) is 7.59. The summed E-state index contributed by atoms with van der Waals surface area (Å²) in [4.78, 5) is 22.9. The standard InChI is InChI=1S/C12H22N2O4S/c1-12(4-6-18-7-5-12)14-11(17)13-9(10(15)16)3-8-19-2/h9H,3-8H2,1-2H3,(H,15,16)(H2,13,14,17)/t9-/m1/s1. The molecule has 0 unspecified atom stereocenters. The Bertz CT molecular complexity index is 319. The molecule has 1 saturated heterocycles. The number of amides is 2. The van der Waals surface area contributed by atoms with E-state index in [0.717, 1.165) is 12.8 Å². The zero-order chi connectivity index (χ0) is 14.3. The molecule has 0 aliphatic carbocycles. The highest BCUT2D eigenvalue weighted by Crippen LogP contribution is 2.19. The SMILES string of the molecule is CSCC[C@@H](NC(=O)NC1(C)CCOCC1)C(=O)O. The topological polar surface area (TPSA) is 87.7 Å². The van der Waals surface area contributed by atoms with Crippen molar-refractivity contribution in [3.63, 3.8) is 0 Å². The molecule has 0 aromatic carbocycles. The summed E-state index contributed by atoms with van der Waals surface area (Å²) in [5.74, 6) is -0.302. The monoisotopic (exact) mass is 290 g/mol. The third-order valence-corrected chi connectivity index (χ3v) is 3.87. The molecule has 0 radical (unpaired) electrons.